The van der Waals surface area contributed by atoms with Gasteiger partial charge in [0, 0.05) is 21.0 Å². The number of aryl methyl sites for hydroxylation is 2. The van der Waals surface area contributed by atoms with E-state index in [4.69, 9.17) is 21.1 Å². The largest absolute Gasteiger partial charge is 0.466 e. The van der Waals surface area contributed by atoms with Crippen molar-refractivity contribution >= 4 is 39.4 Å². The van der Waals surface area contributed by atoms with Crippen LogP contribution in [0.3, 0.4) is 0 Å². The van der Waals surface area contributed by atoms with Crippen LogP contribution in [-0.2, 0) is 24.2 Å². The Balaban J connectivity index is 1.58. The highest BCUT2D eigenvalue weighted by Crippen LogP contribution is 2.33. The van der Waals surface area contributed by atoms with E-state index in [0.29, 0.717) is 28.3 Å². The lowest BCUT2D eigenvalue weighted by Crippen LogP contribution is -2.18. The molecule has 27 heavy (non-hydrogen) atoms. The van der Waals surface area contributed by atoms with Gasteiger partial charge in [-0.05, 0) is 43.4 Å². The van der Waals surface area contributed by atoms with Crippen LogP contribution in [-0.4, -0.2) is 22.7 Å². The van der Waals surface area contributed by atoms with Crippen molar-refractivity contribution in [2.75, 3.05) is 6.79 Å². The van der Waals surface area contributed by atoms with Crippen LogP contribution in [0.2, 0.25) is 5.02 Å². The molecule has 0 spiro atoms. The molecule has 0 saturated carbocycles. The van der Waals surface area contributed by atoms with Crippen LogP contribution in [0.15, 0.2) is 28.4 Å². The zero-order valence-corrected chi connectivity index (χ0v) is 16.0. The molecule has 1 aliphatic carbocycles. The van der Waals surface area contributed by atoms with Gasteiger partial charge in [-0.15, -0.1) is 11.3 Å². The Morgan fingerprint density at radius 3 is 3.11 bits per heavy atom. The van der Waals surface area contributed by atoms with Gasteiger partial charge in [-0.3, -0.25) is 4.79 Å². The van der Waals surface area contributed by atoms with Gasteiger partial charge in [-0.2, -0.15) is 9.78 Å². The van der Waals surface area contributed by atoms with E-state index in [2.05, 4.69) is 10.1 Å². The first kappa shape index (κ1) is 16.9. The SMILES string of the molecule is O=c1c2c3c(sc2ncn1/N=C/c1cc(Cl)cc2c1OCOC2)CCCC3. The Morgan fingerprint density at radius 1 is 1.30 bits per heavy atom. The molecule has 0 N–H and O–H groups in total. The van der Waals surface area contributed by atoms with Crippen molar-refractivity contribution in [2.45, 2.75) is 32.3 Å². The monoisotopic (exact) mass is 401 g/mol. The van der Waals surface area contributed by atoms with Gasteiger partial charge >= 0.3 is 0 Å². The number of benzene rings is 1. The first-order valence-corrected chi connectivity index (χ1v) is 9.99. The second-order valence-corrected chi connectivity index (χ2v) is 8.14. The number of nitrogens with zero attached hydrogens (tertiary/aromatic N) is 3. The average Bonchev–Trinajstić information content (AvgIpc) is 3.06. The molecule has 5 rings (SSSR count). The Hall–Kier alpha value is -2.22. The van der Waals surface area contributed by atoms with Gasteiger partial charge in [0.15, 0.2) is 6.79 Å². The number of halogens is 1. The van der Waals surface area contributed by atoms with Crippen molar-refractivity contribution in [3.8, 4) is 5.75 Å². The topological polar surface area (TPSA) is 65.7 Å². The molecular formula is C19H16ClN3O3S. The highest BCUT2D eigenvalue weighted by molar-refractivity contribution is 7.18. The van der Waals surface area contributed by atoms with E-state index in [1.165, 1.54) is 22.3 Å². The summed E-state index contributed by atoms with van der Waals surface area (Å²) in [5.74, 6) is 0.685. The first-order valence-electron chi connectivity index (χ1n) is 8.80. The smallest absolute Gasteiger partial charge is 0.282 e. The number of hydrogen-bond acceptors (Lipinski definition) is 6. The molecule has 0 amide bonds. The minimum Gasteiger partial charge on any atom is -0.466 e. The lowest BCUT2D eigenvalue weighted by Gasteiger charge is -2.19. The molecule has 3 aromatic rings. The number of rotatable bonds is 2. The molecule has 0 radical (unpaired) electrons. The van der Waals surface area contributed by atoms with Crippen LogP contribution in [0.25, 0.3) is 10.2 Å². The molecule has 6 nitrogen and oxygen atoms in total. The summed E-state index contributed by atoms with van der Waals surface area (Å²) in [4.78, 5) is 19.5. The minimum atomic E-state index is -0.129. The van der Waals surface area contributed by atoms with Crippen molar-refractivity contribution in [2.24, 2.45) is 5.10 Å². The molecule has 8 heteroatoms. The molecule has 0 saturated heterocycles. The number of ether oxygens (including phenoxy) is 2. The molecule has 1 aliphatic heterocycles. The molecule has 1 aromatic carbocycles. The molecule has 0 unspecified atom stereocenters. The summed E-state index contributed by atoms with van der Waals surface area (Å²) >= 11 is 7.82. The number of fused-ring (bicyclic) bond motifs is 4. The summed E-state index contributed by atoms with van der Waals surface area (Å²) in [6.45, 7) is 0.620. The van der Waals surface area contributed by atoms with Crippen LogP contribution in [0.1, 0.15) is 34.4 Å². The van der Waals surface area contributed by atoms with Gasteiger partial charge in [0.2, 0.25) is 0 Å². The first-order chi connectivity index (χ1) is 13.2. The third-order valence-electron chi connectivity index (χ3n) is 4.88. The summed E-state index contributed by atoms with van der Waals surface area (Å²) < 4.78 is 12.2. The fourth-order valence-corrected chi connectivity index (χ4v) is 5.12. The van der Waals surface area contributed by atoms with Gasteiger partial charge in [-0.1, -0.05) is 11.6 Å². The molecule has 3 heterocycles. The maximum Gasteiger partial charge on any atom is 0.282 e. The fourth-order valence-electron chi connectivity index (χ4n) is 3.65. The molecule has 2 aliphatic rings. The van der Waals surface area contributed by atoms with Crippen molar-refractivity contribution in [3.63, 3.8) is 0 Å². The Labute approximate surface area is 164 Å². The predicted molar refractivity (Wildman–Crippen MR) is 105 cm³/mol. The molecule has 0 atom stereocenters. The molecular weight excluding hydrogens is 386 g/mol. The molecule has 138 valence electrons. The van der Waals surface area contributed by atoms with Crippen LogP contribution in [0, 0.1) is 0 Å². The predicted octanol–water partition coefficient (Wildman–Crippen LogP) is 3.74. The van der Waals surface area contributed by atoms with E-state index in [1.54, 1.807) is 23.6 Å². The number of thiophene rings is 1. The standard InChI is InChI=1S/C19H16ClN3O3S/c20-13-5-11(17-12(6-13)8-25-10-26-17)7-22-23-9-21-18-16(19(23)24)14-3-1-2-4-15(14)27-18/h5-7,9H,1-4,8,10H2/b22-7+. The van der Waals surface area contributed by atoms with Crippen LogP contribution in [0.5, 0.6) is 5.75 Å². The third-order valence-corrected chi connectivity index (χ3v) is 6.30. The van der Waals surface area contributed by atoms with Crippen molar-refractivity contribution in [1.82, 2.24) is 9.66 Å². The maximum absolute atomic E-state index is 13.0. The minimum absolute atomic E-state index is 0.129. The van der Waals surface area contributed by atoms with Crippen LogP contribution < -0.4 is 10.3 Å². The van der Waals surface area contributed by atoms with Crippen LogP contribution >= 0.6 is 22.9 Å². The van der Waals surface area contributed by atoms with Crippen molar-refractivity contribution < 1.29 is 9.47 Å². The Kier molecular flexibility index (Phi) is 4.22. The molecule has 0 fully saturated rings. The van der Waals surface area contributed by atoms with E-state index >= 15 is 0 Å². The average molecular weight is 402 g/mol. The van der Waals surface area contributed by atoms with Crippen LogP contribution in [0.4, 0.5) is 0 Å². The van der Waals surface area contributed by atoms with E-state index in [1.807, 2.05) is 6.07 Å². The molecule has 0 bridgehead atoms. The summed E-state index contributed by atoms with van der Waals surface area (Å²) in [6, 6.07) is 3.57. The lowest BCUT2D eigenvalue weighted by molar-refractivity contribution is -0.0164. The van der Waals surface area contributed by atoms with Crippen molar-refractivity contribution in [3.05, 3.63) is 55.4 Å². The summed E-state index contributed by atoms with van der Waals surface area (Å²) in [6.07, 6.45) is 7.33. The highest BCUT2D eigenvalue weighted by Gasteiger charge is 2.20. The van der Waals surface area contributed by atoms with E-state index in [0.717, 1.165) is 35.2 Å². The van der Waals surface area contributed by atoms with Gasteiger partial charge in [-0.25, -0.2) is 4.98 Å². The molecule has 2 aromatic heterocycles. The summed E-state index contributed by atoms with van der Waals surface area (Å²) in [5, 5.41) is 5.63. The fraction of sp³-hybridized carbons (Fsp3) is 0.316. The zero-order valence-electron chi connectivity index (χ0n) is 14.4. The van der Waals surface area contributed by atoms with Crippen molar-refractivity contribution in [1.29, 1.82) is 0 Å². The number of hydrogen-bond donors (Lipinski definition) is 0. The summed E-state index contributed by atoms with van der Waals surface area (Å²) in [7, 11) is 0. The van der Waals surface area contributed by atoms with E-state index in [-0.39, 0.29) is 12.4 Å². The second-order valence-electron chi connectivity index (χ2n) is 6.62. The Morgan fingerprint density at radius 2 is 2.19 bits per heavy atom. The normalized spacial score (nSPS) is 16.3. The van der Waals surface area contributed by atoms with Gasteiger partial charge in [0.1, 0.15) is 16.9 Å². The maximum atomic E-state index is 13.0. The zero-order chi connectivity index (χ0) is 18.4. The highest BCUT2D eigenvalue weighted by atomic mass is 35.5. The lowest BCUT2D eigenvalue weighted by atomic mass is 9.97. The Bertz CT molecular complexity index is 1140. The van der Waals surface area contributed by atoms with E-state index < -0.39 is 0 Å². The second kappa shape index (κ2) is 6.74. The van der Waals surface area contributed by atoms with Gasteiger partial charge < -0.3 is 9.47 Å². The quantitative estimate of drug-likeness (QED) is 0.613. The summed E-state index contributed by atoms with van der Waals surface area (Å²) in [5.41, 5.74) is 2.60. The van der Waals surface area contributed by atoms with Gasteiger partial charge in [0.05, 0.1) is 18.2 Å². The third kappa shape index (κ3) is 2.96. The number of aromatic nitrogens is 2. The van der Waals surface area contributed by atoms with E-state index in [9.17, 15) is 4.79 Å². The van der Waals surface area contributed by atoms with Gasteiger partial charge in [0.25, 0.3) is 5.56 Å².